The van der Waals surface area contributed by atoms with Crippen LogP contribution in [0.5, 0.6) is 0 Å². The van der Waals surface area contributed by atoms with Crippen molar-refractivity contribution in [3.05, 3.63) is 42.5 Å². The molecule has 0 aliphatic heterocycles. The van der Waals surface area contributed by atoms with E-state index in [-0.39, 0.29) is 5.91 Å². The van der Waals surface area contributed by atoms with Gasteiger partial charge in [-0.3, -0.25) is 4.79 Å². The number of hydrogen-bond acceptors (Lipinski definition) is 2. The van der Waals surface area contributed by atoms with Gasteiger partial charge in [0.25, 0.3) is 0 Å². The molecule has 0 unspecified atom stereocenters. The summed E-state index contributed by atoms with van der Waals surface area (Å²) in [6.07, 6.45) is 3.46. The van der Waals surface area contributed by atoms with Crippen LogP contribution >= 0.6 is 0 Å². The van der Waals surface area contributed by atoms with E-state index in [2.05, 4.69) is 5.32 Å². The monoisotopic (exact) mass is 256 g/mol. The van der Waals surface area contributed by atoms with Gasteiger partial charge in [0.15, 0.2) is 0 Å². The summed E-state index contributed by atoms with van der Waals surface area (Å²) in [7, 11) is 0. The maximum atomic E-state index is 11.9. The molecule has 0 aliphatic rings. The number of nitrogens with two attached hydrogens (primary N) is 1. The lowest BCUT2D eigenvalue weighted by molar-refractivity contribution is -0.116. The molecule has 1 amide bonds. The molecule has 0 heterocycles. The van der Waals surface area contributed by atoms with Crippen LogP contribution in [-0.4, -0.2) is 12.5 Å². The van der Waals surface area contributed by atoms with Crippen LogP contribution in [0.15, 0.2) is 42.5 Å². The highest BCUT2D eigenvalue weighted by atomic mass is 16.1. The maximum Gasteiger partial charge on any atom is 0.224 e. The lowest BCUT2D eigenvalue weighted by Crippen LogP contribution is -2.11. The van der Waals surface area contributed by atoms with Crippen molar-refractivity contribution in [2.45, 2.75) is 25.7 Å². The fourth-order valence-electron chi connectivity index (χ4n) is 2.15. The van der Waals surface area contributed by atoms with Gasteiger partial charge in [-0.05, 0) is 30.8 Å². The fraction of sp³-hybridized carbons (Fsp3) is 0.312. The molecule has 0 saturated carbocycles. The van der Waals surface area contributed by atoms with E-state index in [0.717, 1.165) is 35.7 Å². The molecule has 0 aromatic heterocycles. The van der Waals surface area contributed by atoms with Gasteiger partial charge >= 0.3 is 0 Å². The molecule has 100 valence electrons. The Morgan fingerprint density at radius 1 is 1.00 bits per heavy atom. The van der Waals surface area contributed by atoms with Crippen LogP contribution in [0.4, 0.5) is 5.69 Å². The van der Waals surface area contributed by atoms with Crippen LogP contribution in [0, 0.1) is 0 Å². The number of nitrogens with one attached hydrogen (secondary N) is 1. The van der Waals surface area contributed by atoms with Crippen molar-refractivity contribution >= 4 is 22.4 Å². The summed E-state index contributed by atoms with van der Waals surface area (Å²) in [6.45, 7) is 0.699. The number of anilines is 1. The van der Waals surface area contributed by atoms with Gasteiger partial charge in [0.05, 0.1) is 0 Å². The zero-order chi connectivity index (χ0) is 13.5. The summed E-state index contributed by atoms with van der Waals surface area (Å²) in [4.78, 5) is 11.9. The Morgan fingerprint density at radius 3 is 2.63 bits per heavy atom. The second kappa shape index (κ2) is 6.90. The van der Waals surface area contributed by atoms with E-state index < -0.39 is 0 Å². The third kappa shape index (κ3) is 3.80. The van der Waals surface area contributed by atoms with Crippen LogP contribution in [0.2, 0.25) is 0 Å². The second-order valence-corrected chi connectivity index (χ2v) is 4.67. The van der Waals surface area contributed by atoms with Gasteiger partial charge in [0.2, 0.25) is 5.91 Å². The second-order valence-electron chi connectivity index (χ2n) is 4.67. The molecule has 2 aromatic carbocycles. The molecule has 0 atom stereocenters. The predicted octanol–water partition coefficient (Wildman–Crippen LogP) is 3.30. The Balaban J connectivity index is 1.99. The minimum Gasteiger partial charge on any atom is -0.330 e. The van der Waals surface area contributed by atoms with Crippen molar-refractivity contribution in [2.75, 3.05) is 11.9 Å². The number of carbonyl (C=O) groups is 1. The quantitative estimate of drug-likeness (QED) is 0.779. The number of hydrogen-bond donors (Lipinski definition) is 2. The lowest BCUT2D eigenvalue weighted by atomic mass is 10.1. The molecule has 0 fully saturated rings. The minimum atomic E-state index is 0.0772. The molecule has 0 radical (unpaired) electrons. The van der Waals surface area contributed by atoms with E-state index in [1.54, 1.807) is 0 Å². The van der Waals surface area contributed by atoms with Gasteiger partial charge < -0.3 is 11.1 Å². The number of amides is 1. The SMILES string of the molecule is NCCCCCC(=O)Nc1cccc2ccccc12. The van der Waals surface area contributed by atoms with Crippen LogP contribution in [-0.2, 0) is 4.79 Å². The fourth-order valence-corrected chi connectivity index (χ4v) is 2.15. The van der Waals surface area contributed by atoms with Gasteiger partial charge in [-0.25, -0.2) is 0 Å². The van der Waals surface area contributed by atoms with Crippen molar-refractivity contribution in [1.82, 2.24) is 0 Å². The molecule has 3 nitrogen and oxygen atoms in total. The highest BCUT2D eigenvalue weighted by molar-refractivity contribution is 6.02. The van der Waals surface area contributed by atoms with Gasteiger partial charge in [-0.1, -0.05) is 42.8 Å². The first kappa shape index (κ1) is 13.6. The molecule has 0 spiro atoms. The lowest BCUT2D eigenvalue weighted by Gasteiger charge is -2.08. The number of rotatable bonds is 6. The summed E-state index contributed by atoms with van der Waals surface area (Å²) in [5.41, 5.74) is 6.32. The molecule has 2 aromatic rings. The molecule has 2 rings (SSSR count). The summed E-state index contributed by atoms with van der Waals surface area (Å²) in [5, 5.41) is 5.22. The zero-order valence-corrected chi connectivity index (χ0v) is 11.1. The first-order valence-electron chi connectivity index (χ1n) is 6.79. The molecule has 0 saturated heterocycles. The third-order valence-electron chi connectivity index (χ3n) is 3.17. The van der Waals surface area contributed by atoms with Gasteiger partial charge in [-0.15, -0.1) is 0 Å². The summed E-state index contributed by atoms with van der Waals surface area (Å²) < 4.78 is 0. The Morgan fingerprint density at radius 2 is 1.79 bits per heavy atom. The minimum absolute atomic E-state index is 0.0772. The Bertz CT molecular complexity index is 546. The van der Waals surface area contributed by atoms with Crippen molar-refractivity contribution in [3.63, 3.8) is 0 Å². The Labute approximate surface area is 113 Å². The summed E-state index contributed by atoms with van der Waals surface area (Å²) in [5.74, 6) is 0.0772. The van der Waals surface area contributed by atoms with Gasteiger partial charge in [0.1, 0.15) is 0 Å². The van der Waals surface area contributed by atoms with Crippen molar-refractivity contribution in [2.24, 2.45) is 5.73 Å². The highest BCUT2D eigenvalue weighted by Gasteiger charge is 2.05. The van der Waals surface area contributed by atoms with E-state index in [4.69, 9.17) is 5.73 Å². The smallest absolute Gasteiger partial charge is 0.224 e. The largest absolute Gasteiger partial charge is 0.330 e. The zero-order valence-electron chi connectivity index (χ0n) is 11.1. The number of unbranched alkanes of at least 4 members (excludes halogenated alkanes) is 2. The first-order valence-corrected chi connectivity index (χ1v) is 6.79. The normalized spacial score (nSPS) is 10.6. The van der Waals surface area contributed by atoms with Crippen molar-refractivity contribution in [3.8, 4) is 0 Å². The van der Waals surface area contributed by atoms with Gasteiger partial charge in [-0.2, -0.15) is 0 Å². The van der Waals surface area contributed by atoms with Crippen LogP contribution in [0.3, 0.4) is 0 Å². The highest BCUT2D eigenvalue weighted by Crippen LogP contribution is 2.23. The molecule has 0 bridgehead atoms. The molecular weight excluding hydrogens is 236 g/mol. The number of fused-ring (bicyclic) bond motifs is 1. The van der Waals surface area contributed by atoms with E-state index >= 15 is 0 Å². The maximum absolute atomic E-state index is 11.9. The molecule has 19 heavy (non-hydrogen) atoms. The molecule has 3 N–H and O–H groups in total. The Kier molecular flexibility index (Phi) is 4.93. The standard InChI is InChI=1S/C16H20N2O/c17-12-5-1-2-11-16(19)18-15-10-6-8-13-7-3-4-9-14(13)15/h3-4,6-10H,1-2,5,11-12,17H2,(H,18,19). The average molecular weight is 256 g/mol. The molecular formula is C16H20N2O. The predicted molar refractivity (Wildman–Crippen MR) is 80.1 cm³/mol. The third-order valence-corrected chi connectivity index (χ3v) is 3.17. The molecule has 0 aliphatic carbocycles. The van der Waals surface area contributed by atoms with E-state index in [1.165, 1.54) is 0 Å². The van der Waals surface area contributed by atoms with E-state index in [9.17, 15) is 4.79 Å². The Hall–Kier alpha value is -1.87. The number of carbonyl (C=O) groups excluding carboxylic acids is 1. The van der Waals surface area contributed by atoms with Gasteiger partial charge in [0, 0.05) is 17.5 Å². The average Bonchev–Trinajstić information content (AvgIpc) is 2.44. The molecule has 3 heteroatoms. The van der Waals surface area contributed by atoms with Crippen LogP contribution < -0.4 is 11.1 Å². The number of benzene rings is 2. The summed E-state index contributed by atoms with van der Waals surface area (Å²) in [6, 6.07) is 14.0. The van der Waals surface area contributed by atoms with Crippen molar-refractivity contribution < 1.29 is 4.79 Å². The van der Waals surface area contributed by atoms with Crippen LogP contribution in [0.1, 0.15) is 25.7 Å². The van der Waals surface area contributed by atoms with Crippen LogP contribution in [0.25, 0.3) is 10.8 Å². The summed E-state index contributed by atoms with van der Waals surface area (Å²) >= 11 is 0. The topological polar surface area (TPSA) is 55.1 Å². The van der Waals surface area contributed by atoms with E-state index in [1.807, 2.05) is 42.5 Å². The van der Waals surface area contributed by atoms with Crippen molar-refractivity contribution in [1.29, 1.82) is 0 Å². The van der Waals surface area contributed by atoms with E-state index in [0.29, 0.717) is 13.0 Å². The first-order chi connectivity index (χ1) is 9.31.